The van der Waals surface area contributed by atoms with Gasteiger partial charge >= 0.3 is 113 Å². The Morgan fingerprint density at radius 3 is 1.32 bits per heavy atom. The maximum absolute atomic E-state index is 11.1. The SMILES string of the molecule is CC(C)(C)OC(=O)CC[C@@H](N)C(=O)O.N[C@H](CCC(=O)O)C(=O)O.N[C@H](CCC(=O)[O-])C(=O)[O-].[Na+].[Na+].[Na+].[OH-]. The zero-order chi connectivity index (χ0) is 27.6. The number of carboxylic acids is 5. The van der Waals surface area contributed by atoms with Gasteiger partial charge in [-0.3, -0.25) is 19.2 Å². The summed E-state index contributed by atoms with van der Waals surface area (Å²) in [6.45, 7) is 5.26. The van der Waals surface area contributed by atoms with Crippen LogP contribution in [0, 0.1) is 0 Å². The molecule has 0 rings (SSSR count). The molecule has 0 aliphatic rings. The van der Waals surface area contributed by atoms with Gasteiger partial charge in [-0.15, -0.1) is 0 Å². The van der Waals surface area contributed by atoms with Crippen molar-refractivity contribution in [3.63, 3.8) is 0 Å². The molecule has 0 bridgehead atoms. The Hall–Kier alpha value is -0.340. The molecule has 16 nitrogen and oxygen atoms in total. The van der Waals surface area contributed by atoms with Gasteiger partial charge in [0.05, 0.1) is 5.97 Å². The quantitative estimate of drug-likeness (QED) is 0.0920. The number of carboxylic acid groups (broad SMARTS) is 5. The first kappa shape index (κ1) is 53.8. The first-order valence-electron chi connectivity index (χ1n) is 9.86. The molecule has 3 atom stereocenters. The van der Waals surface area contributed by atoms with Crippen molar-refractivity contribution in [2.75, 3.05) is 0 Å². The zero-order valence-corrected chi connectivity index (χ0v) is 28.7. The summed E-state index contributed by atoms with van der Waals surface area (Å²) in [6, 6.07) is -3.27. The zero-order valence-electron chi connectivity index (χ0n) is 22.7. The minimum absolute atomic E-state index is 0. The van der Waals surface area contributed by atoms with Crippen LogP contribution in [0.15, 0.2) is 0 Å². The Kier molecular flexibility index (Phi) is 42.0. The predicted octanol–water partition coefficient (Wildman–Crippen LogP) is -12.8. The predicted molar refractivity (Wildman–Crippen MR) is 112 cm³/mol. The van der Waals surface area contributed by atoms with Crippen LogP contribution in [0.5, 0.6) is 0 Å². The van der Waals surface area contributed by atoms with Crippen molar-refractivity contribution in [1.82, 2.24) is 0 Å². The van der Waals surface area contributed by atoms with Gasteiger partial charge in [0.25, 0.3) is 0 Å². The molecule has 0 saturated carbocycles. The second-order valence-corrected chi connectivity index (χ2v) is 7.78. The van der Waals surface area contributed by atoms with Crippen molar-refractivity contribution in [2.24, 2.45) is 17.2 Å². The van der Waals surface area contributed by atoms with Crippen molar-refractivity contribution in [2.45, 2.75) is 83.0 Å². The summed E-state index contributed by atoms with van der Waals surface area (Å²) >= 11 is 0. The minimum atomic E-state index is -1.44. The van der Waals surface area contributed by atoms with E-state index in [9.17, 15) is 39.0 Å². The van der Waals surface area contributed by atoms with Gasteiger partial charge in [0.2, 0.25) is 0 Å². The first-order chi connectivity index (χ1) is 15.3. The molecule has 19 heteroatoms. The van der Waals surface area contributed by atoms with Crippen molar-refractivity contribution < 1.29 is 153 Å². The molecule has 0 amide bonds. The second kappa shape index (κ2) is 29.6. The molecule has 206 valence electrons. The molecule has 0 aromatic rings. The molecule has 0 heterocycles. The van der Waals surface area contributed by atoms with Crippen molar-refractivity contribution in [3.8, 4) is 0 Å². The van der Waals surface area contributed by atoms with E-state index in [0.29, 0.717) is 0 Å². The van der Waals surface area contributed by atoms with E-state index in [4.69, 9.17) is 37.3 Å². The van der Waals surface area contributed by atoms with Crippen LogP contribution in [0.3, 0.4) is 0 Å². The van der Waals surface area contributed by atoms with Gasteiger partial charge in [-0.25, -0.2) is 0 Å². The fourth-order valence-electron chi connectivity index (χ4n) is 1.58. The monoisotopic (exact) mass is 581 g/mol. The van der Waals surface area contributed by atoms with Crippen LogP contribution in [0.4, 0.5) is 0 Å². The Morgan fingerprint density at radius 2 is 1.05 bits per heavy atom. The third-order valence-electron chi connectivity index (χ3n) is 3.35. The summed E-state index contributed by atoms with van der Waals surface area (Å²) in [5.41, 5.74) is 14.6. The molecule has 0 saturated heterocycles. The van der Waals surface area contributed by atoms with Crippen LogP contribution < -0.4 is 116 Å². The molecule has 0 aromatic carbocycles. The number of hydrogen-bond donors (Lipinski definition) is 6. The maximum Gasteiger partial charge on any atom is 1.00 e. The maximum atomic E-state index is 11.1. The molecule has 0 aliphatic carbocycles. The summed E-state index contributed by atoms with van der Waals surface area (Å²) in [6.07, 6.45) is -0.590. The van der Waals surface area contributed by atoms with Crippen LogP contribution >= 0.6 is 0 Å². The van der Waals surface area contributed by atoms with Crippen molar-refractivity contribution in [1.29, 1.82) is 0 Å². The van der Waals surface area contributed by atoms with E-state index in [1.54, 1.807) is 20.8 Å². The smallest absolute Gasteiger partial charge is 0.870 e. The largest absolute Gasteiger partial charge is 1.00 e. The van der Waals surface area contributed by atoms with Gasteiger partial charge in [0.1, 0.15) is 17.7 Å². The first-order valence-corrected chi connectivity index (χ1v) is 9.86. The fourth-order valence-corrected chi connectivity index (χ4v) is 1.58. The second-order valence-electron chi connectivity index (χ2n) is 7.78. The Balaban J connectivity index is -0.0000000734. The van der Waals surface area contributed by atoms with Gasteiger partial charge in [-0.1, -0.05) is 0 Å². The van der Waals surface area contributed by atoms with E-state index >= 15 is 0 Å². The topological polar surface area (TPSA) is 327 Å². The van der Waals surface area contributed by atoms with Crippen LogP contribution in [-0.2, 0) is 33.5 Å². The number of rotatable bonds is 12. The molecule has 0 unspecified atom stereocenters. The van der Waals surface area contributed by atoms with Crippen LogP contribution in [0.25, 0.3) is 0 Å². The third kappa shape index (κ3) is 42.7. The van der Waals surface area contributed by atoms with Gasteiger partial charge in [-0.2, -0.15) is 0 Å². The van der Waals surface area contributed by atoms with Gasteiger partial charge in [-0.05, 0) is 46.5 Å². The molecule has 0 spiro atoms. The van der Waals surface area contributed by atoms with Crippen LogP contribution in [0.1, 0.15) is 59.3 Å². The summed E-state index contributed by atoms with van der Waals surface area (Å²) in [4.78, 5) is 60.9. The standard InChI is InChI=1S/C9H17NO4.2C5H9NO4.3Na.H2O/c1-9(2,3)14-7(11)5-4-6(10)8(12)13;2*6-3(5(9)10)1-2-4(7)8;;;;/h6H,4-5,10H2,1-3H3,(H,12,13);2*3H,1-2,6H2,(H,7,8)(H,9,10);;;;1H2/q;;;3*+1;/p-3/t6-;2*3-;;;;/m111..../s1. The van der Waals surface area contributed by atoms with Gasteiger partial charge < -0.3 is 62.5 Å². The number of ether oxygens (including phenoxy) is 1. The van der Waals surface area contributed by atoms with E-state index in [2.05, 4.69) is 0 Å². The van der Waals surface area contributed by atoms with Crippen molar-refractivity contribution in [3.05, 3.63) is 0 Å². The molecule has 0 aliphatic heterocycles. The summed E-state index contributed by atoms with van der Waals surface area (Å²) in [5, 5.41) is 44.3. The van der Waals surface area contributed by atoms with E-state index in [0.717, 1.165) is 0 Å². The summed E-state index contributed by atoms with van der Waals surface area (Å²) in [7, 11) is 0. The molecular weight excluding hydrogens is 547 g/mol. The van der Waals surface area contributed by atoms with Crippen LogP contribution in [0.2, 0.25) is 0 Å². The minimum Gasteiger partial charge on any atom is -0.870 e. The molecular formula is C19H34N3Na3O13. The number of carbonyl (C=O) groups is 6. The molecule has 0 radical (unpaired) electrons. The average molecular weight is 581 g/mol. The Labute approximate surface area is 286 Å². The Morgan fingerprint density at radius 1 is 0.711 bits per heavy atom. The molecule has 0 fully saturated rings. The van der Waals surface area contributed by atoms with E-state index in [-0.39, 0.29) is 133 Å². The van der Waals surface area contributed by atoms with E-state index in [1.807, 2.05) is 0 Å². The molecule has 0 aromatic heterocycles. The number of carbonyl (C=O) groups excluding carboxylic acids is 3. The number of hydrogen-bond acceptors (Lipinski definition) is 13. The summed E-state index contributed by atoms with van der Waals surface area (Å²) in [5.74, 6) is -6.47. The Bertz CT molecular complexity index is 673. The van der Waals surface area contributed by atoms with E-state index in [1.165, 1.54) is 0 Å². The van der Waals surface area contributed by atoms with Crippen LogP contribution in [-0.4, -0.2) is 80.3 Å². The fraction of sp³-hybridized carbons (Fsp3) is 0.684. The molecule has 38 heavy (non-hydrogen) atoms. The van der Waals surface area contributed by atoms with Crippen molar-refractivity contribution >= 4 is 35.8 Å². The number of nitrogens with two attached hydrogens (primary N) is 3. The average Bonchev–Trinajstić information content (AvgIpc) is 2.67. The molecule has 10 N–H and O–H groups in total. The van der Waals surface area contributed by atoms with Gasteiger partial charge in [0.15, 0.2) is 0 Å². The number of esters is 1. The third-order valence-corrected chi connectivity index (χ3v) is 3.35. The summed E-state index contributed by atoms with van der Waals surface area (Å²) < 4.78 is 4.98. The van der Waals surface area contributed by atoms with E-state index < -0.39 is 59.5 Å². The number of aliphatic carboxylic acids is 5. The normalized spacial score (nSPS) is 11.5. The van der Waals surface area contributed by atoms with Gasteiger partial charge in [0, 0.05) is 24.9 Å².